The lowest BCUT2D eigenvalue weighted by Crippen LogP contribution is -2.45. The highest BCUT2D eigenvalue weighted by atomic mass is 127. The van der Waals surface area contributed by atoms with E-state index in [1.54, 1.807) is 0 Å². The van der Waals surface area contributed by atoms with Crippen molar-refractivity contribution in [2.75, 3.05) is 45.8 Å². The van der Waals surface area contributed by atoms with Crippen molar-refractivity contribution in [1.29, 1.82) is 0 Å². The van der Waals surface area contributed by atoms with E-state index in [9.17, 15) is 0 Å². The molecule has 0 radical (unpaired) electrons. The summed E-state index contributed by atoms with van der Waals surface area (Å²) in [6, 6.07) is 1.43. The Kier molecular flexibility index (Phi) is 9.84. The summed E-state index contributed by atoms with van der Waals surface area (Å²) in [5.74, 6) is 1.03. The number of halogens is 1. The number of hydrogen-bond acceptors (Lipinski definition) is 3. The fourth-order valence-electron chi connectivity index (χ4n) is 4.51. The Bertz CT molecular complexity index is 391. The van der Waals surface area contributed by atoms with Crippen LogP contribution < -0.4 is 10.6 Å². The third kappa shape index (κ3) is 6.86. The van der Waals surface area contributed by atoms with Crippen LogP contribution in [0.25, 0.3) is 0 Å². The summed E-state index contributed by atoms with van der Waals surface area (Å²) in [4.78, 5) is 10.1. The molecular weight excluding hydrogens is 425 g/mol. The molecule has 2 N–H and O–H groups in total. The fraction of sp³-hybridized carbons (Fsp3) is 0.947. The Morgan fingerprint density at radius 3 is 2.52 bits per heavy atom. The van der Waals surface area contributed by atoms with Crippen molar-refractivity contribution in [3.05, 3.63) is 0 Å². The summed E-state index contributed by atoms with van der Waals surface area (Å²) >= 11 is 0. The molecule has 2 aliphatic heterocycles. The van der Waals surface area contributed by atoms with Gasteiger partial charge >= 0.3 is 0 Å². The lowest BCUT2D eigenvalue weighted by Gasteiger charge is -2.24. The van der Waals surface area contributed by atoms with Gasteiger partial charge in [-0.2, -0.15) is 0 Å². The maximum Gasteiger partial charge on any atom is 0.191 e. The lowest BCUT2D eigenvalue weighted by atomic mass is 10.2. The third-order valence-electron chi connectivity index (χ3n) is 5.85. The molecule has 0 aromatic heterocycles. The van der Waals surface area contributed by atoms with E-state index in [1.165, 1.54) is 84.1 Å². The highest BCUT2D eigenvalue weighted by Gasteiger charge is 2.30. The molecular formula is C19H38IN5. The van der Waals surface area contributed by atoms with Gasteiger partial charge in [-0.1, -0.05) is 12.8 Å². The van der Waals surface area contributed by atoms with Gasteiger partial charge in [0.05, 0.1) is 0 Å². The molecule has 0 aromatic carbocycles. The SMILES string of the molecule is CCNC(=NCCCN1CCCC1)NC1CCN(C2CCCC2)C1.I. The molecule has 0 aromatic rings. The summed E-state index contributed by atoms with van der Waals surface area (Å²) in [5.41, 5.74) is 0. The minimum absolute atomic E-state index is 0. The van der Waals surface area contributed by atoms with Gasteiger partial charge in [0.1, 0.15) is 0 Å². The summed E-state index contributed by atoms with van der Waals surface area (Å²) in [6.45, 7) is 10.3. The van der Waals surface area contributed by atoms with Crippen molar-refractivity contribution >= 4 is 29.9 Å². The molecule has 6 heteroatoms. The first-order valence-electron chi connectivity index (χ1n) is 10.4. The first-order valence-corrected chi connectivity index (χ1v) is 10.4. The zero-order valence-corrected chi connectivity index (χ0v) is 18.3. The van der Waals surface area contributed by atoms with Crippen molar-refractivity contribution in [3.63, 3.8) is 0 Å². The van der Waals surface area contributed by atoms with Crippen LogP contribution in [0.3, 0.4) is 0 Å². The first-order chi connectivity index (χ1) is 11.8. The second-order valence-corrected chi connectivity index (χ2v) is 7.73. The molecule has 3 rings (SSSR count). The molecule has 5 nitrogen and oxygen atoms in total. The average molecular weight is 463 g/mol. The Labute approximate surface area is 171 Å². The van der Waals surface area contributed by atoms with Gasteiger partial charge in [-0.3, -0.25) is 9.89 Å². The van der Waals surface area contributed by atoms with Gasteiger partial charge < -0.3 is 15.5 Å². The molecule has 1 saturated carbocycles. The Hall–Kier alpha value is -0.0800. The van der Waals surface area contributed by atoms with Crippen LogP contribution in [0.2, 0.25) is 0 Å². The molecule has 2 saturated heterocycles. The van der Waals surface area contributed by atoms with Crippen molar-refractivity contribution < 1.29 is 0 Å². The standard InChI is InChI=1S/C19H37N5.HI/c1-2-20-19(21-11-7-14-23-12-5-6-13-23)22-17-10-15-24(16-17)18-8-3-4-9-18;/h17-18H,2-16H2,1H3,(H2,20,21,22);1H. The zero-order valence-electron chi connectivity index (χ0n) is 16.0. The van der Waals surface area contributed by atoms with Crippen LogP contribution in [0.15, 0.2) is 4.99 Å². The first kappa shape index (κ1) is 21.2. The molecule has 3 fully saturated rings. The van der Waals surface area contributed by atoms with Gasteiger partial charge in [0.15, 0.2) is 5.96 Å². The molecule has 1 aliphatic carbocycles. The van der Waals surface area contributed by atoms with Crippen LogP contribution in [0.1, 0.15) is 58.3 Å². The highest BCUT2D eigenvalue weighted by Crippen LogP contribution is 2.26. The minimum Gasteiger partial charge on any atom is -0.357 e. The van der Waals surface area contributed by atoms with Crippen LogP contribution in [-0.2, 0) is 0 Å². The Balaban J connectivity index is 0.00000225. The minimum atomic E-state index is 0. The number of rotatable bonds is 7. The van der Waals surface area contributed by atoms with E-state index in [4.69, 9.17) is 4.99 Å². The molecule has 0 spiro atoms. The van der Waals surface area contributed by atoms with Gasteiger partial charge in [0.25, 0.3) is 0 Å². The largest absolute Gasteiger partial charge is 0.357 e. The molecule has 0 bridgehead atoms. The van der Waals surface area contributed by atoms with E-state index in [2.05, 4.69) is 27.4 Å². The molecule has 146 valence electrons. The molecule has 2 heterocycles. The van der Waals surface area contributed by atoms with Gasteiger partial charge in [-0.05, 0) is 65.1 Å². The van der Waals surface area contributed by atoms with Crippen LogP contribution in [-0.4, -0.2) is 73.7 Å². The fourth-order valence-corrected chi connectivity index (χ4v) is 4.51. The molecule has 1 unspecified atom stereocenters. The lowest BCUT2D eigenvalue weighted by molar-refractivity contribution is 0.242. The van der Waals surface area contributed by atoms with Crippen LogP contribution in [0.4, 0.5) is 0 Å². The van der Waals surface area contributed by atoms with Crippen LogP contribution in [0.5, 0.6) is 0 Å². The molecule has 25 heavy (non-hydrogen) atoms. The van der Waals surface area contributed by atoms with Crippen molar-refractivity contribution in [3.8, 4) is 0 Å². The summed E-state index contributed by atoms with van der Waals surface area (Å²) in [6.07, 6.45) is 10.9. The van der Waals surface area contributed by atoms with Gasteiger partial charge in [-0.15, -0.1) is 24.0 Å². The molecule has 1 atom stereocenters. The van der Waals surface area contributed by atoms with Gasteiger partial charge in [-0.25, -0.2) is 0 Å². The monoisotopic (exact) mass is 463 g/mol. The Morgan fingerprint density at radius 1 is 1.04 bits per heavy atom. The van der Waals surface area contributed by atoms with Crippen LogP contribution in [0, 0.1) is 0 Å². The van der Waals surface area contributed by atoms with E-state index in [1.807, 2.05) is 0 Å². The maximum atomic E-state index is 4.81. The predicted octanol–water partition coefficient (Wildman–Crippen LogP) is 2.66. The number of hydrogen-bond donors (Lipinski definition) is 2. The van der Waals surface area contributed by atoms with E-state index in [0.717, 1.165) is 25.1 Å². The smallest absolute Gasteiger partial charge is 0.191 e. The summed E-state index contributed by atoms with van der Waals surface area (Å²) in [5, 5.41) is 7.11. The molecule has 3 aliphatic rings. The number of nitrogens with zero attached hydrogens (tertiary/aromatic N) is 3. The van der Waals surface area contributed by atoms with E-state index >= 15 is 0 Å². The van der Waals surface area contributed by atoms with Crippen molar-refractivity contribution in [2.24, 2.45) is 4.99 Å². The average Bonchev–Trinajstić information content (AvgIpc) is 3.32. The zero-order chi connectivity index (χ0) is 16.6. The molecule has 0 amide bonds. The van der Waals surface area contributed by atoms with E-state index < -0.39 is 0 Å². The van der Waals surface area contributed by atoms with Gasteiger partial charge in [0.2, 0.25) is 0 Å². The van der Waals surface area contributed by atoms with E-state index in [0.29, 0.717) is 6.04 Å². The summed E-state index contributed by atoms with van der Waals surface area (Å²) in [7, 11) is 0. The second kappa shape index (κ2) is 11.6. The van der Waals surface area contributed by atoms with Crippen molar-refractivity contribution in [1.82, 2.24) is 20.4 Å². The van der Waals surface area contributed by atoms with Gasteiger partial charge in [0, 0.05) is 38.3 Å². The number of guanidine groups is 1. The normalized spacial score (nSPS) is 26.1. The topological polar surface area (TPSA) is 42.9 Å². The van der Waals surface area contributed by atoms with Crippen LogP contribution >= 0.6 is 24.0 Å². The third-order valence-corrected chi connectivity index (χ3v) is 5.85. The summed E-state index contributed by atoms with van der Waals surface area (Å²) < 4.78 is 0. The number of nitrogens with one attached hydrogen (secondary N) is 2. The second-order valence-electron chi connectivity index (χ2n) is 7.73. The predicted molar refractivity (Wildman–Crippen MR) is 117 cm³/mol. The number of likely N-dealkylation sites (tertiary alicyclic amines) is 2. The van der Waals surface area contributed by atoms with Crippen molar-refractivity contribution in [2.45, 2.75) is 70.4 Å². The van der Waals surface area contributed by atoms with E-state index in [-0.39, 0.29) is 24.0 Å². The number of aliphatic imine (C=N–C) groups is 1. The maximum absolute atomic E-state index is 4.81. The Morgan fingerprint density at radius 2 is 1.80 bits per heavy atom. The highest BCUT2D eigenvalue weighted by molar-refractivity contribution is 14.0. The quantitative estimate of drug-likeness (QED) is 0.264.